The maximum Gasteiger partial charge on any atom is 0.215 e. The van der Waals surface area contributed by atoms with Gasteiger partial charge in [-0.2, -0.15) is 11.8 Å². The number of nitrogens with one attached hydrogen (secondary N) is 1. The van der Waals surface area contributed by atoms with Gasteiger partial charge in [0.1, 0.15) is 4.99 Å². The monoisotopic (exact) mass is 344 g/mol. The summed E-state index contributed by atoms with van der Waals surface area (Å²) in [4.78, 5) is 0.314. The molecule has 1 fully saturated rings. The Labute approximate surface area is 135 Å². The Morgan fingerprint density at radius 2 is 2.00 bits per heavy atom. The van der Waals surface area contributed by atoms with Gasteiger partial charge < -0.3 is 5.73 Å². The van der Waals surface area contributed by atoms with Gasteiger partial charge in [0.25, 0.3) is 0 Å². The smallest absolute Gasteiger partial charge is 0.215 e. The second kappa shape index (κ2) is 6.64. The maximum atomic E-state index is 12.2. The summed E-state index contributed by atoms with van der Waals surface area (Å²) < 4.78 is 27.1. The van der Waals surface area contributed by atoms with Gasteiger partial charge in [0.15, 0.2) is 0 Å². The van der Waals surface area contributed by atoms with Gasteiger partial charge in [-0.25, -0.2) is 13.1 Å². The Balaban J connectivity index is 1.95. The molecule has 1 saturated carbocycles. The number of hydrogen-bond acceptors (Lipinski definition) is 4. The van der Waals surface area contributed by atoms with Crippen molar-refractivity contribution in [2.45, 2.75) is 29.8 Å². The number of rotatable bonds is 7. The van der Waals surface area contributed by atoms with Crippen LogP contribution in [0.5, 0.6) is 0 Å². The molecule has 1 aromatic carbocycles. The highest BCUT2D eigenvalue weighted by molar-refractivity contribution is 8.00. The van der Waals surface area contributed by atoms with Crippen LogP contribution in [-0.4, -0.2) is 31.0 Å². The highest BCUT2D eigenvalue weighted by Gasteiger charge is 2.36. The van der Waals surface area contributed by atoms with Crippen molar-refractivity contribution in [2.24, 2.45) is 5.73 Å². The molecule has 1 aliphatic rings. The first kappa shape index (κ1) is 16.7. The second-order valence-corrected chi connectivity index (χ2v) is 8.90. The van der Waals surface area contributed by atoms with Gasteiger partial charge >= 0.3 is 0 Å². The number of nitrogens with two attached hydrogens (primary N) is 1. The molecule has 0 heterocycles. The van der Waals surface area contributed by atoms with E-state index in [1.54, 1.807) is 36.0 Å². The second-order valence-electron chi connectivity index (χ2n) is 5.38. The quantitative estimate of drug-likeness (QED) is 0.741. The van der Waals surface area contributed by atoms with Crippen molar-refractivity contribution in [3.8, 4) is 0 Å². The van der Waals surface area contributed by atoms with Crippen molar-refractivity contribution in [1.29, 1.82) is 0 Å². The minimum absolute atomic E-state index is 0.0188. The molecule has 0 amide bonds. The molecule has 0 saturated heterocycles. The molecule has 21 heavy (non-hydrogen) atoms. The summed E-state index contributed by atoms with van der Waals surface area (Å²) in [6, 6.07) is 7.01. The van der Waals surface area contributed by atoms with Gasteiger partial charge in [-0.15, -0.1) is 0 Å². The van der Waals surface area contributed by atoms with E-state index in [1.165, 1.54) is 6.42 Å². The normalized spacial score (nSPS) is 17.2. The first-order valence-electron chi connectivity index (χ1n) is 6.77. The van der Waals surface area contributed by atoms with E-state index in [4.69, 9.17) is 18.0 Å². The Kier molecular flexibility index (Phi) is 5.29. The zero-order chi connectivity index (χ0) is 15.5. The standard InChI is InChI=1S/C14H20N2O2S3/c1-20-14(7-2-8-14)10-16-21(17,18)9-11-3-5-12(6-4-11)13(15)19/h3-6,16H,2,7-10H2,1H3,(H2,15,19). The summed E-state index contributed by atoms with van der Waals surface area (Å²) >= 11 is 6.63. The van der Waals surface area contributed by atoms with Gasteiger partial charge in [-0.05, 0) is 24.7 Å². The lowest BCUT2D eigenvalue weighted by Gasteiger charge is -2.40. The summed E-state index contributed by atoms with van der Waals surface area (Å²) in [7, 11) is -3.31. The predicted octanol–water partition coefficient (Wildman–Crippen LogP) is 2.03. The SMILES string of the molecule is CSC1(CNS(=O)(=O)Cc2ccc(C(N)=S)cc2)CCC1. The third-order valence-electron chi connectivity index (χ3n) is 3.91. The van der Waals surface area contributed by atoms with Crippen molar-refractivity contribution >= 4 is 39.0 Å². The molecule has 0 atom stereocenters. The van der Waals surface area contributed by atoms with Crippen molar-refractivity contribution in [1.82, 2.24) is 4.72 Å². The Morgan fingerprint density at radius 3 is 2.43 bits per heavy atom. The number of hydrogen-bond donors (Lipinski definition) is 2. The summed E-state index contributed by atoms with van der Waals surface area (Å²) in [6.45, 7) is 0.515. The molecule has 2 rings (SSSR count). The lowest BCUT2D eigenvalue weighted by atomic mass is 9.84. The van der Waals surface area contributed by atoms with Crippen LogP contribution in [0.3, 0.4) is 0 Å². The molecule has 0 spiro atoms. The van der Waals surface area contributed by atoms with E-state index in [9.17, 15) is 8.42 Å². The van der Waals surface area contributed by atoms with Gasteiger partial charge in [0.05, 0.1) is 5.75 Å². The average molecular weight is 345 g/mol. The molecular weight excluding hydrogens is 324 g/mol. The van der Waals surface area contributed by atoms with E-state index in [0.717, 1.165) is 24.0 Å². The third-order valence-corrected chi connectivity index (χ3v) is 6.86. The lowest BCUT2D eigenvalue weighted by Crippen LogP contribution is -2.45. The molecule has 1 aromatic rings. The first-order chi connectivity index (χ1) is 9.86. The van der Waals surface area contributed by atoms with Crippen molar-refractivity contribution in [3.63, 3.8) is 0 Å². The molecule has 116 valence electrons. The maximum absolute atomic E-state index is 12.2. The minimum Gasteiger partial charge on any atom is -0.389 e. The number of thiocarbonyl (C=S) groups is 1. The van der Waals surface area contributed by atoms with Gasteiger partial charge in [0.2, 0.25) is 10.0 Å². The van der Waals surface area contributed by atoms with Crippen LogP contribution in [0.25, 0.3) is 0 Å². The van der Waals surface area contributed by atoms with E-state index >= 15 is 0 Å². The van der Waals surface area contributed by atoms with Crippen molar-refractivity contribution in [3.05, 3.63) is 35.4 Å². The van der Waals surface area contributed by atoms with E-state index in [1.807, 2.05) is 6.26 Å². The summed E-state index contributed by atoms with van der Waals surface area (Å²) in [5, 5.41) is 0. The highest BCUT2D eigenvalue weighted by atomic mass is 32.2. The minimum atomic E-state index is -3.31. The topological polar surface area (TPSA) is 72.2 Å². The molecular formula is C14H20N2O2S3. The van der Waals surface area contributed by atoms with E-state index in [0.29, 0.717) is 11.5 Å². The van der Waals surface area contributed by atoms with E-state index < -0.39 is 10.0 Å². The van der Waals surface area contributed by atoms with E-state index in [2.05, 4.69) is 4.72 Å². The zero-order valence-corrected chi connectivity index (χ0v) is 14.4. The van der Waals surface area contributed by atoms with Gasteiger partial charge in [-0.1, -0.05) is 42.9 Å². The van der Waals surface area contributed by atoms with Crippen LogP contribution in [0.4, 0.5) is 0 Å². The summed E-state index contributed by atoms with van der Waals surface area (Å²) in [6.07, 6.45) is 5.39. The molecule has 1 aliphatic carbocycles. The first-order valence-corrected chi connectivity index (χ1v) is 10.1. The van der Waals surface area contributed by atoms with Crippen LogP contribution < -0.4 is 10.5 Å². The van der Waals surface area contributed by atoms with Crippen LogP contribution in [0.1, 0.15) is 30.4 Å². The molecule has 0 unspecified atom stereocenters. The molecule has 0 bridgehead atoms. The van der Waals surface area contributed by atoms with Crippen LogP contribution in [-0.2, 0) is 15.8 Å². The fourth-order valence-electron chi connectivity index (χ4n) is 2.30. The Bertz CT molecular complexity index is 602. The number of sulfonamides is 1. The number of benzene rings is 1. The van der Waals surface area contributed by atoms with Crippen LogP contribution >= 0.6 is 24.0 Å². The molecule has 3 N–H and O–H groups in total. The molecule has 0 aliphatic heterocycles. The largest absolute Gasteiger partial charge is 0.389 e. The lowest BCUT2D eigenvalue weighted by molar-refractivity contribution is 0.362. The molecule has 4 nitrogen and oxygen atoms in total. The van der Waals surface area contributed by atoms with Crippen LogP contribution in [0, 0.1) is 0 Å². The van der Waals surface area contributed by atoms with E-state index in [-0.39, 0.29) is 10.5 Å². The molecule has 0 aromatic heterocycles. The van der Waals surface area contributed by atoms with Crippen molar-refractivity contribution < 1.29 is 8.42 Å². The highest BCUT2D eigenvalue weighted by Crippen LogP contribution is 2.42. The van der Waals surface area contributed by atoms with Gasteiger partial charge in [-0.3, -0.25) is 0 Å². The predicted molar refractivity (Wildman–Crippen MR) is 93.1 cm³/mol. The Hall–Kier alpha value is -0.630. The van der Waals surface area contributed by atoms with Crippen LogP contribution in [0.15, 0.2) is 24.3 Å². The zero-order valence-electron chi connectivity index (χ0n) is 12.0. The average Bonchev–Trinajstić information content (AvgIpc) is 2.38. The summed E-state index contributed by atoms with van der Waals surface area (Å²) in [5.41, 5.74) is 7.00. The van der Waals surface area contributed by atoms with Crippen LogP contribution in [0.2, 0.25) is 0 Å². The fraction of sp³-hybridized carbons (Fsp3) is 0.500. The van der Waals surface area contributed by atoms with Crippen molar-refractivity contribution in [2.75, 3.05) is 12.8 Å². The Morgan fingerprint density at radius 1 is 1.38 bits per heavy atom. The number of thioether (sulfide) groups is 1. The third kappa shape index (κ3) is 4.42. The summed E-state index contributed by atoms with van der Waals surface area (Å²) in [5.74, 6) is -0.0188. The molecule has 0 radical (unpaired) electrons. The van der Waals surface area contributed by atoms with Gasteiger partial charge in [0, 0.05) is 16.9 Å². The fourth-order valence-corrected chi connectivity index (χ4v) is 4.67. The molecule has 7 heteroatoms.